The Hall–Kier alpha value is -2.68. The molecule has 0 N–H and O–H groups in total. The normalized spacial score (nSPS) is 12.3. The van der Waals surface area contributed by atoms with Crippen molar-refractivity contribution in [3.63, 3.8) is 0 Å². The summed E-state index contributed by atoms with van der Waals surface area (Å²) in [5.74, 6) is 0.769. The van der Waals surface area contributed by atoms with Crippen LogP contribution >= 0.6 is 0 Å². The number of fused-ring (bicyclic) bond motifs is 2. The Kier molecular flexibility index (Phi) is 2.54. The van der Waals surface area contributed by atoms with Crippen molar-refractivity contribution in [2.75, 3.05) is 6.61 Å². The highest BCUT2D eigenvalue weighted by molar-refractivity contribution is 6.24. The van der Waals surface area contributed by atoms with Gasteiger partial charge in [0.05, 0.1) is 6.61 Å². The van der Waals surface area contributed by atoms with E-state index < -0.39 is 0 Å². The van der Waals surface area contributed by atoms with Gasteiger partial charge in [0, 0.05) is 17.1 Å². The quantitative estimate of drug-likeness (QED) is 0.558. The van der Waals surface area contributed by atoms with Crippen molar-refractivity contribution in [1.82, 2.24) is 4.98 Å². The number of ether oxygens (including phenoxy) is 1. The van der Waals surface area contributed by atoms with Crippen molar-refractivity contribution in [3.8, 4) is 16.9 Å². The summed E-state index contributed by atoms with van der Waals surface area (Å²) in [4.78, 5) is 17.0. The summed E-state index contributed by atoms with van der Waals surface area (Å²) in [5.41, 5.74) is 3.21. The summed E-state index contributed by atoms with van der Waals surface area (Å²) in [6.07, 6.45) is 1.69. The van der Waals surface area contributed by atoms with Gasteiger partial charge in [-0.15, -0.1) is 0 Å². The summed E-state index contributed by atoms with van der Waals surface area (Å²) in [7, 11) is 0. The number of hydrogen-bond donors (Lipinski definition) is 0. The lowest BCUT2D eigenvalue weighted by molar-refractivity contribution is 0.103. The first-order valence-corrected chi connectivity index (χ1v) is 6.99. The number of carbonyl (C=O) groups is 1. The van der Waals surface area contributed by atoms with Gasteiger partial charge in [-0.2, -0.15) is 0 Å². The Bertz CT molecular complexity index is 878. The standard InChI is InChI=1S/C18H13NO2/c1-2-21-12-6-7-14-15(10-12)13-5-3-4-11-8-9-19-17(16(11)13)18(14)20/h3-10H,2H2,1H3. The van der Waals surface area contributed by atoms with Crippen LogP contribution in [0.4, 0.5) is 0 Å². The van der Waals surface area contributed by atoms with E-state index in [4.69, 9.17) is 4.74 Å². The number of pyridine rings is 1. The molecule has 0 amide bonds. The van der Waals surface area contributed by atoms with E-state index in [1.807, 2.05) is 49.4 Å². The van der Waals surface area contributed by atoms with Gasteiger partial charge in [0.25, 0.3) is 0 Å². The topological polar surface area (TPSA) is 39.2 Å². The van der Waals surface area contributed by atoms with Gasteiger partial charge >= 0.3 is 0 Å². The lowest BCUT2D eigenvalue weighted by Gasteiger charge is -2.19. The Morgan fingerprint density at radius 2 is 1.95 bits per heavy atom. The Morgan fingerprint density at radius 1 is 1.05 bits per heavy atom. The number of carbonyl (C=O) groups excluding carboxylic acids is 1. The molecule has 0 atom stereocenters. The smallest absolute Gasteiger partial charge is 0.212 e. The lowest BCUT2D eigenvalue weighted by Crippen LogP contribution is -2.12. The van der Waals surface area contributed by atoms with Crippen LogP contribution in [0.25, 0.3) is 21.9 Å². The number of hydrogen-bond acceptors (Lipinski definition) is 3. The molecule has 2 aromatic carbocycles. The number of ketones is 1. The molecule has 0 spiro atoms. The molecule has 0 bridgehead atoms. The fourth-order valence-electron chi connectivity index (χ4n) is 2.95. The molecule has 1 aromatic heterocycles. The van der Waals surface area contributed by atoms with Gasteiger partial charge in [-0.05, 0) is 47.7 Å². The van der Waals surface area contributed by atoms with Crippen LogP contribution in [-0.2, 0) is 0 Å². The van der Waals surface area contributed by atoms with E-state index in [0.717, 1.165) is 27.6 Å². The van der Waals surface area contributed by atoms with Crippen molar-refractivity contribution in [1.29, 1.82) is 0 Å². The minimum Gasteiger partial charge on any atom is -0.494 e. The molecule has 21 heavy (non-hydrogen) atoms. The van der Waals surface area contributed by atoms with Crippen LogP contribution in [0.15, 0.2) is 48.7 Å². The molecule has 0 unspecified atom stereocenters. The van der Waals surface area contributed by atoms with Crippen LogP contribution in [0.2, 0.25) is 0 Å². The van der Waals surface area contributed by atoms with E-state index in [0.29, 0.717) is 17.9 Å². The van der Waals surface area contributed by atoms with Gasteiger partial charge in [-0.1, -0.05) is 18.2 Å². The number of aromatic nitrogens is 1. The SMILES string of the molecule is CCOc1ccc2c(c1)-c1cccc3ccnc(c13)C2=O. The predicted octanol–water partition coefficient (Wildman–Crippen LogP) is 3.84. The Morgan fingerprint density at radius 3 is 2.81 bits per heavy atom. The average Bonchev–Trinajstić information content (AvgIpc) is 2.52. The van der Waals surface area contributed by atoms with Gasteiger partial charge in [0.1, 0.15) is 11.4 Å². The minimum absolute atomic E-state index is 0.0163. The predicted molar refractivity (Wildman–Crippen MR) is 81.8 cm³/mol. The molecule has 4 rings (SSSR count). The zero-order chi connectivity index (χ0) is 14.4. The molecule has 1 aliphatic rings. The monoisotopic (exact) mass is 275 g/mol. The summed E-state index contributed by atoms with van der Waals surface area (Å²) in [6.45, 7) is 2.56. The van der Waals surface area contributed by atoms with Crippen molar-refractivity contribution in [2.24, 2.45) is 0 Å². The van der Waals surface area contributed by atoms with Gasteiger partial charge in [-0.3, -0.25) is 9.78 Å². The fraction of sp³-hybridized carbons (Fsp3) is 0.111. The molecule has 0 saturated carbocycles. The third-order valence-electron chi connectivity index (χ3n) is 3.84. The van der Waals surface area contributed by atoms with Crippen LogP contribution in [0, 0.1) is 0 Å². The molecule has 0 aliphatic heterocycles. The van der Waals surface area contributed by atoms with Crippen LogP contribution in [0.3, 0.4) is 0 Å². The summed E-state index contributed by atoms with van der Waals surface area (Å²) in [5, 5.41) is 1.98. The summed E-state index contributed by atoms with van der Waals surface area (Å²) in [6, 6.07) is 13.6. The van der Waals surface area contributed by atoms with Crippen LogP contribution in [0.5, 0.6) is 5.75 Å². The van der Waals surface area contributed by atoms with Gasteiger partial charge in [0.2, 0.25) is 5.78 Å². The van der Waals surface area contributed by atoms with Gasteiger partial charge in [-0.25, -0.2) is 0 Å². The molecule has 1 aliphatic carbocycles. The molecule has 102 valence electrons. The van der Waals surface area contributed by atoms with E-state index in [-0.39, 0.29) is 5.78 Å². The molecule has 1 heterocycles. The highest BCUT2D eigenvalue weighted by Crippen LogP contribution is 2.39. The molecule has 3 aromatic rings. The number of nitrogens with zero attached hydrogens (tertiary/aromatic N) is 1. The van der Waals surface area contributed by atoms with E-state index in [2.05, 4.69) is 4.98 Å². The van der Waals surface area contributed by atoms with Crippen LogP contribution in [-0.4, -0.2) is 17.4 Å². The first kappa shape index (κ1) is 12.1. The Balaban J connectivity index is 2.09. The van der Waals surface area contributed by atoms with E-state index in [9.17, 15) is 4.79 Å². The fourth-order valence-corrected chi connectivity index (χ4v) is 2.95. The largest absolute Gasteiger partial charge is 0.494 e. The third kappa shape index (κ3) is 1.67. The van der Waals surface area contributed by atoms with Crippen molar-refractivity contribution in [2.45, 2.75) is 6.92 Å². The minimum atomic E-state index is -0.0163. The summed E-state index contributed by atoms with van der Waals surface area (Å²) < 4.78 is 5.56. The molecule has 0 saturated heterocycles. The molecule has 3 heteroatoms. The molecule has 0 radical (unpaired) electrons. The highest BCUT2D eigenvalue weighted by Gasteiger charge is 2.26. The first-order valence-electron chi connectivity index (χ1n) is 6.99. The maximum atomic E-state index is 12.7. The van der Waals surface area contributed by atoms with E-state index in [1.54, 1.807) is 6.20 Å². The van der Waals surface area contributed by atoms with Crippen molar-refractivity contribution >= 4 is 16.6 Å². The molecular weight excluding hydrogens is 262 g/mol. The highest BCUT2D eigenvalue weighted by atomic mass is 16.5. The van der Waals surface area contributed by atoms with Crippen molar-refractivity contribution < 1.29 is 9.53 Å². The second kappa shape index (κ2) is 4.42. The second-order valence-corrected chi connectivity index (χ2v) is 5.03. The third-order valence-corrected chi connectivity index (χ3v) is 3.84. The molecular formula is C18H13NO2. The average molecular weight is 275 g/mol. The van der Waals surface area contributed by atoms with Crippen LogP contribution < -0.4 is 4.74 Å². The second-order valence-electron chi connectivity index (χ2n) is 5.03. The Labute approximate surface area is 122 Å². The summed E-state index contributed by atoms with van der Waals surface area (Å²) >= 11 is 0. The van der Waals surface area contributed by atoms with E-state index in [1.165, 1.54) is 0 Å². The van der Waals surface area contributed by atoms with Crippen molar-refractivity contribution in [3.05, 3.63) is 59.9 Å². The van der Waals surface area contributed by atoms with Gasteiger partial charge < -0.3 is 4.74 Å². The number of rotatable bonds is 2. The first-order chi connectivity index (χ1) is 10.3. The zero-order valence-electron chi connectivity index (χ0n) is 11.6. The lowest BCUT2D eigenvalue weighted by atomic mass is 9.85. The van der Waals surface area contributed by atoms with Crippen LogP contribution in [0.1, 0.15) is 23.0 Å². The number of benzene rings is 2. The molecule has 3 nitrogen and oxygen atoms in total. The van der Waals surface area contributed by atoms with Gasteiger partial charge in [0.15, 0.2) is 0 Å². The maximum absolute atomic E-state index is 12.7. The van der Waals surface area contributed by atoms with E-state index >= 15 is 0 Å². The zero-order valence-corrected chi connectivity index (χ0v) is 11.6. The molecule has 0 fully saturated rings. The maximum Gasteiger partial charge on any atom is 0.212 e.